The molecule has 1 aromatic rings. The van der Waals surface area contributed by atoms with Crippen LogP contribution in [0.15, 0.2) is 18.2 Å². The molecule has 82 valence electrons. The number of carbonyl (C=O) groups excluding carboxylic acids is 1. The Morgan fingerprint density at radius 3 is 2.60 bits per heavy atom. The molecule has 0 saturated heterocycles. The number of carbonyl (C=O) groups is 1. The molecule has 0 aliphatic rings. The second-order valence-corrected chi connectivity index (χ2v) is 3.93. The van der Waals surface area contributed by atoms with Crippen LogP contribution in [0.2, 0.25) is 0 Å². The number of hydrogen-bond acceptors (Lipinski definition) is 2. The summed E-state index contributed by atoms with van der Waals surface area (Å²) < 4.78 is 13.5. The number of nitrogens with two attached hydrogens (primary N) is 1. The molecule has 0 atom stereocenters. The minimum Gasteiger partial charge on any atom is -0.326 e. The van der Waals surface area contributed by atoms with Gasteiger partial charge in [0.2, 0.25) is 0 Å². The molecular formula is C12H16FNO. The molecule has 0 radical (unpaired) electrons. The smallest absolute Gasteiger partial charge is 0.139 e. The second-order valence-electron chi connectivity index (χ2n) is 3.93. The second kappa shape index (κ2) is 5.03. The van der Waals surface area contributed by atoms with Crippen molar-refractivity contribution >= 4 is 5.78 Å². The molecule has 0 fully saturated rings. The van der Waals surface area contributed by atoms with E-state index in [0.29, 0.717) is 12.1 Å². The molecule has 0 spiro atoms. The Kier molecular flexibility index (Phi) is 3.97. The minimum absolute atomic E-state index is 0.0504. The summed E-state index contributed by atoms with van der Waals surface area (Å²) in [7, 11) is 0. The van der Waals surface area contributed by atoms with Gasteiger partial charge in [-0.25, -0.2) is 4.39 Å². The van der Waals surface area contributed by atoms with Gasteiger partial charge in [0.05, 0.1) is 0 Å². The van der Waals surface area contributed by atoms with Crippen molar-refractivity contribution in [1.82, 2.24) is 0 Å². The number of ketones is 1. The highest BCUT2D eigenvalue weighted by molar-refractivity contribution is 5.82. The van der Waals surface area contributed by atoms with Crippen LogP contribution >= 0.6 is 0 Å². The zero-order valence-electron chi connectivity index (χ0n) is 9.09. The van der Waals surface area contributed by atoms with Crippen LogP contribution in [0.4, 0.5) is 4.39 Å². The van der Waals surface area contributed by atoms with Crippen molar-refractivity contribution in [3.8, 4) is 0 Å². The molecule has 0 saturated carbocycles. The predicted octanol–water partition coefficient (Wildman–Crippen LogP) is 2.05. The lowest BCUT2D eigenvalue weighted by Gasteiger charge is -2.06. The highest BCUT2D eigenvalue weighted by atomic mass is 19.1. The standard InChI is InChI=1S/C12H16FNO/c1-8(2)12(15)6-10-4-3-9(7-14)5-11(10)13/h3-5,8H,6-7,14H2,1-2H3. The average molecular weight is 209 g/mol. The molecule has 0 unspecified atom stereocenters. The zero-order valence-corrected chi connectivity index (χ0v) is 9.09. The van der Waals surface area contributed by atoms with Crippen molar-refractivity contribution in [1.29, 1.82) is 0 Å². The van der Waals surface area contributed by atoms with Gasteiger partial charge in [0.15, 0.2) is 0 Å². The lowest BCUT2D eigenvalue weighted by molar-refractivity contribution is -0.121. The van der Waals surface area contributed by atoms with Gasteiger partial charge in [-0.2, -0.15) is 0 Å². The number of rotatable bonds is 4. The molecule has 0 heterocycles. The molecule has 2 nitrogen and oxygen atoms in total. The van der Waals surface area contributed by atoms with E-state index < -0.39 is 0 Å². The number of benzene rings is 1. The molecule has 0 amide bonds. The first-order valence-electron chi connectivity index (χ1n) is 5.04. The van der Waals surface area contributed by atoms with Crippen LogP contribution in [0.1, 0.15) is 25.0 Å². The summed E-state index contributed by atoms with van der Waals surface area (Å²) >= 11 is 0. The summed E-state index contributed by atoms with van der Waals surface area (Å²) in [5.41, 5.74) is 6.58. The summed E-state index contributed by atoms with van der Waals surface area (Å²) in [5, 5.41) is 0. The Hall–Kier alpha value is -1.22. The normalized spacial score (nSPS) is 10.7. The monoisotopic (exact) mass is 209 g/mol. The molecule has 1 aromatic carbocycles. The average Bonchev–Trinajstić information content (AvgIpc) is 2.20. The van der Waals surface area contributed by atoms with Gasteiger partial charge < -0.3 is 5.73 Å². The van der Waals surface area contributed by atoms with Crippen LogP contribution < -0.4 is 5.73 Å². The fourth-order valence-corrected chi connectivity index (χ4v) is 1.25. The topological polar surface area (TPSA) is 43.1 Å². The first-order chi connectivity index (χ1) is 7.04. The van der Waals surface area contributed by atoms with E-state index in [0.717, 1.165) is 5.56 Å². The van der Waals surface area contributed by atoms with E-state index in [2.05, 4.69) is 0 Å². The summed E-state index contributed by atoms with van der Waals surface area (Å²) in [6, 6.07) is 4.78. The van der Waals surface area contributed by atoms with E-state index in [9.17, 15) is 9.18 Å². The number of halogens is 1. The van der Waals surface area contributed by atoms with Gasteiger partial charge in [-0.05, 0) is 17.2 Å². The largest absolute Gasteiger partial charge is 0.326 e. The van der Waals surface area contributed by atoms with E-state index in [1.165, 1.54) is 6.07 Å². The third kappa shape index (κ3) is 3.13. The fourth-order valence-electron chi connectivity index (χ4n) is 1.25. The maximum absolute atomic E-state index is 13.5. The van der Waals surface area contributed by atoms with Gasteiger partial charge in [0.25, 0.3) is 0 Å². The van der Waals surface area contributed by atoms with E-state index in [4.69, 9.17) is 5.73 Å². The minimum atomic E-state index is -0.341. The summed E-state index contributed by atoms with van der Waals surface area (Å²) in [5.74, 6) is -0.347. The molecule has 3 heteroatoms. The third-order valence-corrected chi connectivity index (χ3v) is 2.36. The Morgan fingerprint density at radius 2 is 2.13 bits per heavy atom. The quantitative estimate of drug-likeness (QED) is 0.824. The molecule has 1 rings (SSSR count). The maximum atomic E-state index is 13.5. The van der Waals surface area contributed by atoms with E-state index in [1.54, 1.807) is 12.1 Å². The lowest BCUT2D eigenvalue weighted by Crippen LogP contribution is -2.11. The van der Waals surface area contributed by atoms with Crippen LogP contribution in [0.5, 0.6) is 0 Å². The molecule has 0 aromatic heterocycles. The Morgan fingerprint density at radius 1 is 1.47 bits per heavy atom. The Balaban J connectivity index is 2.83. The van der Waals surface area contributed by atoms with Crippen LogP contribution in [-0.2, 0) is 17.8 Å². The molecule has 0 bridgehead atoms. The summed E-state index contributed by atoms with van der Waals surface area (Å²) in [4.78, 5) is 11.4. The molecule has 0 aliphatic carbocycles. The molecule has 15 heavy (non-hydrogen) atoms. The van der Waals surface area contributed by atoms with Crippen LogP contribution in [0.25, 0.3) is 0 Å². The fraction of sp³-hybridized carbons (Fsp3) is 0.417. The van der Waals surface area contributed by atoms with Crippen molar-refractivity contribution in [3.63, 3.8) is 0 Å². The molecular weight excluding hydrogens is 193 g/mol. The van der Waals surface area contributed by atoms with Crippen molar-refractivity contribution in [2.24, 2.45) is 11.7 Å². The Labute approximate surface area is 89.3 Å². The predicted molar refractivity (Wildman–Crippen MR) is 57.8 cm³/mol. The van der Waals surface area contributed by atoms with Gasteiger partial charge in [0.1, 0.15) is 11.6 Å². The molecule has 2 N–H and O–H groups in total. The van der Waals surface area contributed by atoms with Crippen LogP contribution in [0.3, 0.4) is 0 Å². The van der Waals surface area contributed by atoms with Crippen LogP contribution in [-0.4, -0.2) is 5.78 Å². The first-order valence-corrected chi connectivity index (χ1v) is 5.04. The summed E-state index contributed by atoms with van der Waals surface area (Å²) in [6.07, 6.45) is 0.161. The lowest BCUT2D eigenvalue weighted by atomic mass is 10.00. The first kappa shape index (κ1) is 11.9. The van der Waals surface area contributed by atoms with Crippen molar-refractivity contribution < 1.29 is 9.18 Å². The van der Waals surface area contributed by atoms with E-state index >= 15 is 0 Å². The van der Waals surface area contributed by atoms with Crippen molar-refractivity contribution in [2.75, 3.05) is 0 Å². The Bertz CT molecular complexity index is 361. The zero-order chi connectivity index (χ0) is 11.4. The maximum Gasteiger partial charge on any atom is 0.139 e. The van der Waals surface area contributed by atoms with E-state index in [-0.39, 0.29) is 23.9 Å². The van der Waals surface area contributed by atoms with Gasteiger partial charge in [-0.3, -0.25) is 4.79 Å². The highest BCUT2D eigenvalue weighted by Gasteiger charge is 2.11. The van der Waals surface area contributed by atoms with E-state index in [1.807, 2.05) is 13.8 Å². The third-order valence-electron chi connectivity index (χ3n) is 2.36. The van der Waals surface area contributed by atoms with Crippen molar-refractivity contribution in [3.05, 3.63) is 35.1 Å². The summed E-state index contributed by atoms with van der Waals surface area (Å²) in [6.45, 7) is 3.94. The number of hydrogen-bond donors (Lipinski definition) is 1. The van der Waals surface area contributed by atoms with Crippen LogP contribution in [0, 0.1) is 11.7 Å². The van der Waals surface area contributed by atoms with Gasteiger partial charge in [-0.1, -0.05) is 26.0 Å². The van der Waals surface area contributed by atoms with Gasteiger partial charge in [-0.15, -0.1) is 0 Å². The van der Waals surface area contributed by atoms with Crippen molar-refractivity contribution in [2.45, 2.75) is 26.8 Å². The van der Waals surface area contributed by atoms with Gasteiger partial charge >= 0.3 is 0 Å². The number of Topliss-reactive ketones (excluding diaryl/α,β-unsaturated/α-hetero) is 1. The molecule has 0 aliphatic heterocycles. The highest BCUT2D eigenvalue weighted by Crippen LogP contribution is 2.13. The SMILES string of the molecule is CC(C)C(=O)Cc1ccc(CN)cc1F. The van der Waals surface area contributed by atoms with Gasteiger partial charge in [0, 0.05) is 18.9 Å².